The van der Waals surface area contributed by atoms with E-state index in [0.29, 0.717) is 5.17 Å². The molecule has 0 unspecified atom stereocenters. The van der Waals surface area contributed by atoms with E-state index in [1.165, 1.54) is 11.8 Å². The first kappa shape index (κ1) is 18.9. The van der Waals surface area contributed by atoms with Gasteiger partial charge in [-0.3, -0.25) is 4.79 Å². The van der Waals surface area contributed by atoms with Crippen LogP contribution in [0.15, 0.2) is 21.6 Å². The largest absolute Gasteiger partial charge is 0.315 e. The van der Waals surface area contributed by atoms with E-state index in [1.54, 1.807) is 0 Å². The Morgan fingerprint density at radius 1 is 1.28 bits per heavy atom. The Bertz CT molecular complexity index is 842. The summed E-state index contributed by atoms with van der Waals surface area (Å²) in [6.07, 6.45) is 0. The van der Waals surface area contributed by atoms with Gasteiger partial charge in [0.2, 0.25) is 0 Å². The van der Waals surface area contributed by atoms with Gasteiger partial charge in [0.25, 0.3) is 5.91 Å². The molecule has 0 N–H and O–H groups in total. The maximum atomic E-state index is 12.2. The van der Waals surface area contributed by atoms with Crippen LogP contribution in [-0.2, 0) is 14.6 Å². The number of aryl methyl sites for hydroxylation is 2. The summed E-state index contributed by atoms with van der Waals surface area (Å²) in [4.78, 5) is 18.5. The minimum Gasteiger partial charge on any atom is -0.315 e. The van der Waals surface area contributed by atoms with E-state index in [-0.39, 0.29) is 34.6 Å². The lowest BCUT2D eigenvalue weighted by atomic mass is 10.1. The van der Waals surface area contributed by atoms with Crippen molar-refractivity contribution in [2.24, 2.45) is 10.9 Å². The summed E-state index contributed by atoms with van der Waals surface area (Å²) in [5, 5.41) is 0.545. The van der Waals surface area contributed by atoms with Crippen molar-refractivity contribution < 1.29 is 13.2 Å². The number of amidine groups is 1. The third-order valence-corrected chi connectivity index (χ3v) is 8.13. The fraction of sp³-hybridized carbons (Fsp3) is 0.529. The van der Waals surface area contributed by atoms with Crippen molar-refractivity contribution in [3.8, 4) is 0 Å². The molecule has 2 fully saturated rings. The number of rotatable bonds is 2. The van der Waals surface area contributed by atoms with E-state index in [4.69, 9.17) is 0 Å². The number of fused-ring (bicyclic) bond motifs is 1. The van der Waals surface area contributed by atoms with Gasteiger partial charge in [0.1, 0.15) is 0 Å². The number of hydrogen-bond donors (Lipinski definition) is 0. The number of amides is 1. The van der Waals surface area contributed by atoms with Crippen LogP contribution in [0, 0.1) is 19.8 Å². The van der Waals surface area contributed by atoms with E-state index in [1.807, 2.05) is 44.7 Å². The lowest BCUT2D eigenvalue weighted by molar-refractivity contribution is -0.120. The maximum Gasteiger partial charge on any atom is 0.250 e. The minimum atomic E-state index is -3.06. The summed E-state index contributed by atoms with van der Waals surface area (Å²) in [6.45, 7) is 7.63. The first-order valence-electron chi connectivity index (χ1n) is 8.14. The van der Waals surface area contributed by atoms with Crippen molar-refractivity contribution in [3.63, 3.8) is 0 Å². The topological polar surface area (TPSA) is 66.8 Å². The summed E-state index contributed by atoms with van der Waals surface area (Å²) < 4.78 is 25.2. The molecule has 2 heterocycles. The van der Waals surface area contributed by atoms with Crippen LogP contribution in [0.25, 0.3) is 0 Å². The Hall–Kier alpha value is -0.860. The Kier molecular flexibility index (Phi) is 5.07. The Labute approximate surface area is 161 Å². The summed E-state index contributed by atoms with van der Waals surface area (Å²) >= 11 is 4.92. The van der Waals surface area contributed by atoms with Crippen molar-refractivity contribution in [1.29, 1.82) is 0 Å². The molecule has 2 aliphatic rings. The van der Waals surface area contributed by atoms with Gasteiger partial charge in [0, 0.05) is 21.3 Å². The standard InChI is InChI=1S/C17H21BrN2O3S2/c1-9(2)16(21)19-17-20(13-7-25(22,23)8-14(13)24-17)15-10(3)5-12(18)6-11(15)4/h5-6,9,13-14H,7-8H2,1-4H3/t13-,14-/m0/s1. The number of sulfone groups is 1. The highest BCUT2D eigenvalue weighted by molar-refractivity contribution is 9.10. The van der Waals surface area contributed by atoms with Gasteiger partial charge in [-0.05, 0) is 37.1 Å². The molecular formula is C17H21BrN2O3S2. The number of benzene rings is 1. The van der Waals surface area contributed by atoms with E-state index < -0.39 is 9.84 Å². The molecule has 136 valence electrons. The number of carbonyl (C=O) groups excluding carboxylic acids is 1. The van der Waals surface area contributed by atoms with Gasteiger partial charge in [-0.2, -0.15) is 4.99 Å². The Morgan fingerprint density at radius 3 is 2.44 bits per heavy atom. The molecule has 2 aliphatic heterocycles. The number of anilines is 1. The number of nitrogens with zero attached hydrogens (tertiary/aromatic N) is 2. The molecule has 1 amide bonds. The lowest BCUT2D eigenvalue weighted by Crippen LogP contribution is -2.38. The predicted molar refractivity (Wildman–Crippen MR) is 107 cm³/mol. The number of aliphatic imine (C=N–C) groups is 1. The van der Waals surface area contributed by atoms with Gasteiger partial charge in [-0.15, -0.1) is 0 Å². The molecule has 3 rings (SSSR count). The monoisotopic (exact) mass is 444 g/mol. The van der Waals surface area contributed by atoms with Crippen LogP contribution in [-0.4, -0.2) is 42.3 Å². The fourth-order valence-electron chi connectivity index (χ4n) is 3.33. The molecular weight excluding hydrogens is 424 g/mol. The van der Waals surface area contributed by atoms with Crippen molar-refractivity contribution in [1.82, 2.24) is 0 Å². The van der Waals surface area contributed by atoms with Gasteiger partial charge in [-0.25, -0.2) is 8.42 Å². The third-order valence-electron chi connectivity index (χ3n) is 4.46. The first-order valence-corrected chi connectivity index (χ1v) is 11.6. The third kappa shape index (κ3) is 3.66. The van der Waals surface area contributed by atoms with Gasteiger partial charge in [-0.1, -0.05) is 41.5 Å². The second kappa shape index (κ2) is 6.70. The van der Waals surface area contributed by atoms with E-state index in [0.717, 1.165) is 21.3 Å². The average Bonchev–Trinajstić information content (AvgIpc) is 2.90. The SMILES string of the molecule is Cc1cc(Br)cc(C)c1N1C(=NC(=O)C(C)C)S[C@H]2CS(=O)(=O)C[C@@H]21. The highest BCUT2D eigenvalue weighted by Crippen LogP contribution is 2.43. The smallest absolute Gasteiger partial charge is 0.250 e. The molecule has 0 bridgehead atoms. The number of halogens is 1. The number of thioether (sulfide) groups is 1. The molecule has 25 heavy (non-hydrogen) atoms. The van der Waals surface area contributed by atoms with Crippen LogP contribution >= 0.6 is 27.7 Å². The molecule has 0 saturated carbocycles. The van der Waals surface area contributed by atoms with E-state index >= 15 is 0 Å². The van der Waals surface area contributed by atoms with Crippen LogP contribution in [0.2, 0.25) is 0 Å². The van der Waals surface area contributed by atoms with Crippen LogP contribution in [0.1, 0.15) is 25.0 Å². The molecule has 2 atom stereocenters. The summed E-state index contributed by atoms with van der Waals surface area (Å²) in [7, 11) is -3.06. The first-order chi connectivity index (χ1) is 11.6. The zero-order chi connectivity index (χ0) is 18.5. The van der Waals surface area contributed by atoms with Crippen molar-refractivity contribution in [3.05, 3.63) is 27.7 Å². The molecule has 1 aromatic rings. The fourth-order valence-corrected chi connectivity index (χ4v) is 7.92. The predicted octanol–water partition coefficient (Wildman–Crippen LogP) is 3.32. The van der Waals surface area contributed by atoms with Gasteiger partial charge in [0.15, 0.2) is 15.0 Å². The molecule has 8 heteroatoms. The van der Waals surface area contributed by atoms with Crippen molar-refractivity contribution in [2.75, 3.05) is 16.4 Å². The van der Waals surface area contributed by atoms with Crippen LogP contribution in [0.4, 0.5) is 5.69 Å². The number of carbonyl (C=O) groups is 1. The Balaban J connectivity index is 2.12. The zero-order valence-electron chi connectivity index (χ0n) is 14.6. The molecule has 0 radical (unpaired) electrons. The van der Waals surface area contributed by atoms with E-state index in [9.17, 15) is 13.2 Å². The second-order valence-corrected chi connectivity index (χ2v) is 11.2. The summed E-state index contributed by atoms with van der Waals surface area (Å²) in [6, 6.07) is 3.84. The molecule has 0 aromatic heterocycles. The quantitative estimate of drug-likeness (QED) is 0.699. The van der Waals surface area contributed by atoms with Gasteiger partial charge < -0.3 is 4.90 Å². The maximum absolute atomic E-state index is 12.2. The summed E-state index contributed by atoms with van der Waals surface area (Å²) in [5.74, 6) is -0.120. The highest BCUT2D eigenvalue weighted by Gasteiger charge is 2.50. The molecule has 0 aliphatic carbocycles. The van der Waals surface area contributed by atoms with Gasteiger partial charge in [0.05, 0.1) is 17.5 Å². The zero-order valence-corrected chi connectivity index (χ0v) is 17.8. The molecule has 2 saturated heterocycles. The normalized spacial score (nSPS) is 26.5. The van der Waals surface area contributed by atoms with Crippen molar-refractivity contribution >= 4 is 54.3 Å². The Morgan fingerprint density at radius 2 is 1.88 bits per heavy atom. The highest BCUT2D eigenvalue weighted by atomic mass is 79.9. The van der Waals surface area contributed by atoms with Gasteiger partial charge >= 0.3 is 0 Å². The molecule has 5 nitrogen and oxygen atoms in total. The lowest BCUT2D eigenvalue weighted by Gasteiger charge is -2.28. The molecule has 1 aromatic carbocycles. The van der Waals surface area contributed by atoms with Crippen LogP contribution in [0.5, 0.6) is 0 Å². The average molecular weight is 445 g/mol. The van der Waals surface area contributed by atoms with Crippen LogP contribution in [0.3, 0.4) is 0 Å². The minimum absolute atomic E-state index is 0.0776. The van der Waals surface area contributed by atoms with Crippen LogP contribution < -0.4 is 4.90 Å². The summed E-state index contributed by atoms with van der Waals surface area (Å²) in [5.41, 5.74) is 3.01. The number of hydrogen-bond acceptors (Lipinski definition) is 4. The van der Waals surface area contributed by atoms with E-state index in [2.05, 4.69) is 20.9 Å². The molecule has 0 spiro atoms. The second-order valence-electron chi connectivity index (χ2n) is 6.95. The van der Waals surface area contributed by atoms with Crippen molar-refractivity contribution in [2.45, 2.75) is 39.0 Å².